The largest absolute Gasteiger partial charge is 0.419 e. The molecule has 164 valence electrons. The Labute approximate surface area is 188 Å². The van der Waals surface area contributed by atoms with Crippen LogP contribution in [0.2, 0.25) is 0 Å². The Kier molecular flexibility index (Phi) is 6.55. The summed E-state index contributed by atoms with van der Waals surface area (Å²) in [5.41, 5.74) is 2.78. The highest BCUT2D eigenvalue weighted by molar-refractivity contribution is 7.99. The van der Waals surface area contributed by atoms with Crippen molar-refractivity contribution in [3.8, 4) is 17.1 Å². The molecular formula is C21H21N7O3S. The molecule has 2 aromatic heterocycles. The van der Waals surface area contributed by atoms with Gasteiger partial charge in [0.05, 0.1) is 15.9 Å². The molecular weight excluding hydrogens is 430 g/mol. The second-order valence-corrected chi connectivity index (χ2v) is 8.46. The van der Waals surface area contributed by atoms with Gasteiger partial charge in [-0.2, -0.15) is 4.68 Å². The van der Waals surface area contributed by atoms with E-state index in [1.54, 1.807) is 16.8 Å². The molecule has 0 spiro atoms. The quantitative estimate of drug-likeness (QED) is 0.200. The first-order valence-corrected chi connectivity index (χ1v) is 11.1. The molecule has 10 nitrogen and oxygen atoms in total. The summed E-state index contributed by atoms with van der Waals surface area (Å²) in [4.78, 5) is 10.4. The molecule has 2 aromatic carbocycles. The van der Waals surface area contributed by atoms with Crippen LogP contribution in [0.25, 0.3) is 17.1 Å². The van der Waals surface area contributed by atoms with Crippen molar-refractivity contribution in [2.45, 2.75) is 43.5 Å². The van der Waals surface area contributed by atoms with Crippen LogP contribution in [0.1, 0.15) is 43.4 Å². The van der Waals surface area contributed by atoms with Crippen molar-refractivity contribution in [3.05, 3.63) is 70.1 Å². The Bertz CT molecular complexity index is 1190. The smallest absolute Gasteiger partial charge is 0.269 e. The Morgan fingerprint density at radius 3 is 2.53 bits per heavy atom. The van der Waals surface area contributed by atoms with Crippen LogP contribution in [0.5, 0.6) is 0 Å². The molecule has 4 aromatic rings. The lowest BCUT2D eigenvalue weighted by Crippen LogP contribution is -2.01. The van der Waals surface area contributed by atoms with Crippen LogP contribution in [0.15, 0.2) is 58.1 Å². The molecule has 0 bridgehead atoms. The van der Waals surface area contributed by atoms with Crippen molar-refractivity contribution in [3.63, 3.8) is 0 Å². The first-order valence-electron chi connectivity index (χ1n) is 10.2. The maximum absolute atomic E-state index is 10.8. The van der Waals surface area contributed by atoms with Crippen molar-refractivity contribution in [2.24, 2.45) is 0 Å². The molecule has 0 aliphatic carbocycles. The highest BCUT2D eigenvalue weighted by atomic mass is 32.2. The number of rotatable bonds is 9. The second kappa shape index (κ2) is 9.69. The minimum absolute atomic E-state index is 0.00245. The monoisotopic (exact) mass is 451 g/mol. The Hall–Kier alpha value is -3.60. The number of unbranched alkanes of at least 4 members (excludes halogenated alkanes) is 1. The van der Waals surface area contributed by atoms with Crippen molar-refractivity contribution in [1.82, 2.24) is 30.4 Å². The minimum Gasteiger partial charge on any atom is -0.419 e. The third-order valence-corrected chi connectivity index (χ3v) is 5.86. The van der Waals surface area contributed by atoms with E-state index in [2.05, 4.69) is 44.8 Å². The summed E-state index contributed by atoms with van der Waals surface area (Å²) in [6.07, 6.45) is 3.38. The summed E-state index contributed by atoms with van der Waals surface area (Å²) in [5, 5.41) is 31.5. The van der Waals surface area contributed by atoms with Gasteiger partial charge in [-0.25, -0.2) is 0 Å². The van der Waals surface area contributed by atoms with E-state index in [1.165, 1.54) is 29.5 Å². The van der Waals surface area contributed by atoms with Gasteiger partial charge in [-0.15, -0.1) is 15.3 Å². The fourth-order valence-corrected chi connectivity index (χ4v) is 3.89. The number of hydrogen-bond donors (Lipinski definition) is 0. The predicted octanol–water partition coefficient (Wildman–Crippen LogP) is 4.82. The lowest BCUT2D eigenvalue weighted by Gasteiger charge is -2.08. The van der Waals surface area contributed by atoms with Crippen LogP contribution < -0.4 is 0 Å². The zero-order valence-electron chi connectivity index (χ0n) is 17.6. The summed E-state index contributed by atoms with van der Waals surface area (Å²) < 4.78 is 7.47. The van der Waals surface area contributed by atoms with Crippen molar-refractivity contribution in [1.29, 1.82) is 0 Å². The predicted molar refractivity (Wildman–Crippen MR) is 118 cm³/mol. The third-order valence-electron chi connectivity index (χ3n) is 4.84. The number of tetrazole rings is 1. The number of aromatic nitrogens is 6. The van der Waals surface area contributed by atoms with Crippen LogP contribution in [-0.4, -0.2) is 35.3 Å². The molecule has 0 radical (unpaired) electrons. The molecule has 4 rings (SSSR count). The Morgan fingerprint density at radius 2 is 1.84 bits per heavy atom. The second-order valence-electron chi connectivity index (χ2n) is 7.15. The van der Waals surface area contributed by atoms with Crippen molar-refractivity contribution < 1.29 is 9.34 Å². The van der Waals surface area contributed by atoms with Gasteiger partial charge in [-0.3, -0.25) is 10.1 Å². The van der Waals surface area contributed by atoms with Gasteiger partial charge in [0.15, 0.2) is 0 Å². The molecule has 11 heteroatoms. The van der Waals surface area contributed by atoms with E-state index in [1.807, 2.05) is 19.1 Å². The first kappa shape index (κ1) is 21.6. The number of nitro groups is 1. The van der Waals surface area contributed by atoms with Crippen molar-refractivity contribution >= 4 is 17.4 Å². The average molecular weight is 452 g/mol. The lowest BCUT2D eigenvalue weighted by molar-refractivity contribution is -0.384. The van der Waals surface area contributed by atoms with Crippen LogP contribution >= 0.6 is 11.8 Å². The van der Waals surface area contributed by atoms with E-state index >= 15 is 0 Å². The molecule has 1 atom stereocenters. The van der Waals surface area contributed by atoms with E-state index in [9.17, 15) is 10.1 Å². The van der Waals surface area contributed by atoms with Gasteiger partial charge in [0.25, 0.3) is 5.69 Å². The molecule has 2 heterocycles. The normalized spacial score (nSPS) is 12.1. The van der Waals surface area contributed by atoms with Gasteiger partial charge in [0.1, 0.15) is 0 Å². The highest BCUT2D eigenvalue weighted by Gasteiger charge is 2.20. The van der Waals surface area contributed by atoms with Gasteiger partial charge >= 0.3 is 0 Å². The zero-order chi connectivity index (χ0) is 22.5. The molecule has 1 unspecified atom stereocenters. The van der Waals surface area contributed by atoms with E-state index < -0.39 is 4.92 Å². The molecule has 0 aliphatic heterocycles. The van der Waals surface area contributed by atoms with E-state index in [0.29, 0.717) is 22.5 Å². The minimum atomic E-state index is -0.454. The molecule has 0 fully saturated rings. The highest BCUT2D eigenvalue weighted by Crippen LogP contribution is 2.34. The fourth-order valence-electron chi connectivity index (χ4n) is 3.05. The third kappa shape index (κ3) is 4.83. The number of aryl methyl sites for hydroxylation is 1. The van der Waals surface area contributed by atoms with Crippen LogP contribution in [0, 0.1) is 10.1 Å². The summed E-state index contributed by atoms with van der Waals surface area (Å²) in [6.45, 7) is 4.10. The molecule has 0 amide bonds. The van der Waals surface area contributed by atoms with E-state index in [-0.39, 0.29) is 10.9 Å². The van der Waals surface area contributed by atoms with Gasteiger partial charge in [-0.1, -0.05) is 37.2 Å². The van der Waals surface area contributed by atoms with Gasteiger partial charge in [0.2, 0.25) is 16.9 Å². The van der Waals surface area contributed by atoms with Crippen LogP contribution in [0.4, 0.5) is 5.69 Å². The number of benzene rings is 2. The Morgan fingerprint density at radius 1 is 1.09 bits per heavy atom. The van der Waals surface area contributed by atoms with Crippen LogP contribution in [-0.2, 0) is 6.42 Å². The standard InChI is InChI=1S/C21H21N7O3S/c1-3-4-5-15-6-10-17(11-7-15)27-21(24-25-26-27)32-14(2)19-22-23-20(31-19)16-8-12-18(13-9-16)28(29)30/h6-14H,3-5H2,1-2H3. The Balaban J connectivity index is 1.47. The van der Waals surface area contributed by atoms with Gasteiger partial charge < -0.3 is 4.42 Å². The molecule has 0 aliphatic rings. The maximum atomic E-state index is 10.8. The lowest BCUT2D eigenvalue weighted by atomic mass is 10.1. The summed E-state index contributed by atoms with van der Waals surface area (Å²) in [5.74, 6) is 0.706. The number of nitro benzene ring substituents is 1. The van der Waals surface area contributed by atoms with Crippen molar-refractivity contribution in [2.75, 3.05) is 0 Å². The molecule has 32 heavy (non-hydrogen) atoms. The topological polar surface area (TPSA) is 126 Å². The van der Waals surface area contributed by atoms with E-state index in [0.717, 1.165) is 24.9 Å². The zero-order valence-corrected chi connectivity index (χ0v) is 18.4. The average Bonchev–Trinajstić information content (AvgIpc) is 3.48. The van der Waals surface area contributed by atoms with Gasteiger partial charge in [0, 0.05) is 17.7 Å². The molecule has 0 saturated carbocycles. The van der Waals surface area contributed by atoms with Crippen LogP contribution in [0.3, 0.4) is 0 Å². The summed E-state index contributed by atoms with van der Waals surface area (Å²) in [6, 6.07) is 14.2. The number of thioether (sulfide) groups is 1. The summed E-state index contributed by atoms with van der Waals surface area (Å²) >= 11 is 1.40. The van der Waals surface area contributed by atoms with E-state index in [4.69, 9.17) is 4.42 Å². The first-order chi connectivity index (χ1) is 15.5. The fraction of sp³-hybridized carbons (Fsp3) is 0.286. The van der Waals surface area contributed by atoms with Gasteiger partial charge in [-0.05, 0) is 60.0 Å². The number of non-ortho nitro benzene ring substituents is 1. The SMILES string of the molecule is CCCCc1ccc(-n2nnnc2SC(C)c2nnc(-c3ccc([N+](=O)[O-])cc3)o2)cc1. The number of hydrogen-bond acceptors (Lipinski definition) is 9. The maximum Gasteiger partial charge on any atom is 0.269 e. The molecule has 0 saturated heterocycles. The molecule has 0 N–H and O–H groups in total. The summed E-state index contributed by atoms with van der Waals surface area (Å²) in [7, 11) is 0. The number of nitrogens with zero attached hydrogens (tertiary/aromatic N) is 7.